The molecule has 1 aliphatic rings. The number of benzene rings is 1. The van der Waals surface area contributed by atoms with Crippen LogP contribution >= 0.6 is 11.3 Å². The number of methoxy groups -OCH3 is 1. The summed E-state index contributed by atoms with van der Waals surface area (Å²) in [5.41, 5.74) is 2.01. The van der Waals surface area contributed by atoms with Gasteiger partial charge in [-0.1, -0.05) is 6.07 Å². The third-order valence-corrected chi connectivity index (χ3v) is 5.14. The summed E-state index contributed by atoms with van der Waals surface area (Å²) < 4.78 is 18.6. The number of piperazine rings is 1. The average molecular weight is 361 g/mol. The van der Waals surface area contributed by atoms with E-state index in [9.17, 15) is 9.18 Å². The van der Waals surface area contributed by atoms with E-state index in [1.54, 1.807) is 29.5 Å². The van der Waals surface area contributed by atoms with Gasteiger partial charge in [0.2, 0.25) is 5.91 Å². The molecule has 6 heteroatoms. The number of carbonyl (C=O) groups is 1. The molecule has 3 rings (SSSR count). The van der Waals surface area contributed by atoms with Crippen molar-refractivity contribution in [3.63, 3.8) is 0 Å². The molecule has 1 fully saturated rings. The smallest absolute Gasteiger partial charge is 0.246 e. The Kier molecular flexibility index (Phi) is 5.83. The molecule has 0 atom stereocenters. The monoisotopic (exact) mass is 361 g/mol. The number of rotatable bonds is 5. The molecule has 25 heavy (non-hydrogen) atoms. The first kappa shape index (κ1) is 17.6. The second-order valence-electron chi connectivity index (χ2n) is 6.11. The second kappa shape index (κ2) is 8.27. The topological polar surface area (TPSA) is 34.0 Å². The number of quaternary nitrogens is 1. The summed E-state index contributed by atoms with van der Waals surface area (Å²) in [6, 6.07) is 6.82. The Bertz CT molecular complexity index is 738. The Labute approximate surface area is 151 Å². The van der Waals surface area contributed by atoms with Crippen molar-refractivity contribution in [3.8, 4) is 5.75 Å². The van der Waals surface area contributed by atoms with Gasteiger partial charge in [0.1, 0.15) is 6.54 Å². The molecule has 0 saturated carbocycles. The van der Waals surface area contributed by atoms with Crippen molar-refractivity contribution in [2.75, 3.05) is 33.3 Å². The maximum Gasteiger partial charge on any atom is 0.246 e. The highest BCUT2D eigenvalue weighted by molar-refractivity contribution is 7.07. The highest BCUT2D eigenvalue weighted by Gasteiger charge is 2.22. The molecule has 0 unspecified atom stereocenters. The van der Waals surface area contributed by atoms with Gasteiger partial charge in [0.05, 0.1) is 33.3 Å². The number of thiophene rings is 1. The van der Waals surface area contributed by atoms with Crippen LogP contribution in [0.15, 0.2) is 41.1 Å². The summed E-state index contributed by atoms with van der Waals surface area (Å²) in [5, 5.41) is 4.28. The lowest BCUT2D eigenvalue weighted by Gasteiger charge is -2.31. The molecule has 0 aliphatic carbocycles. The Morgan fingerprint density at radius 3 is 2.80 bits per heavy atom. The van der Waals surface area contributed by atoms with Gasteiger partial charge in [0.25, 0.3) is 0 Å². The van der Waals surface area contributed by atoms with Crippen molar-refractivity contribution in [1.29, 1.82) is 0 Å². The van der Waals surface area contributed by atoms with E-state index in [2.05, 4.69) is 16.8 Å². The highest BCUT2D eigenvalue weighted by Crippen LogP contribution is 2.18. The van der Waals surface area contributed by atoms with Gasteiger partial charge in [0.15, 0.2) is 11.6 Å². The van der Waals surface area contributed by atoms with Crippen molar-refractivity contribution in [2.45, 2.75) is 6.54 Å². The number of halogens is 1. The minimum atomic E-state index is -0.428. The van der Waals surface area contributed by atoms with Crippen molar-refractivity contribution in [2.24, 2.45) is 0 Å². The van der Waals surface area contributed by atoms with Crippen molar-refractivity contribution < 1.29 is 18.8 Å². The maximum absolute atomic E-state index is 13.7. The third-order valence-electron chi connectivity index (χ3n) is 4.41. The van der Waals surface area contributed by atoms with Crippen molar-refractivity contribution in [1.82, 2.24) is 4.90 Å². The first-order chi connectivity index (χ1) is 12.2. The fourth-order valence-corrected chi connectivity index (χ4v) is 3.63. The number of amides is 1. The highest BCUT2D eigenvalue weighted by atomic mass is 32.1. The lowest BCUT2D eigenvalue weighted by Crippen LogP contribution is -3.13. The number of nitrogens with zero attached hydrogens (tertiary/aromatic N) is 1. The molecule has 1 saturated heterocycles. The van der Waals surface area contributed by atoms with Gasteiger partial charge in [-0.05, 0) is 40.6 Å². The van der Waals surface area contributed by atoms with E-state index in [0.717, 1.165) is 32.7 Å². The summed E-state index contributed by atoms with van der Waals surface area (Å²) in [6.45, 7) is 4.42. The van der Waals surface area contributed by atoms with Crippen LogP contribution in [-0.2, 0) is 11.3 Å². The van der Waals surface area contributed by atoms with E-state index < -0.39 is 5.82 Å². The molecule has 0 radical (unpaired) electrons. The first-order valence-corrected chi connectivity index (χ1v) is 9.25. The number of nitrogens with one attached hydrogen (secondary N) is 1. The SMILES string of the molecule is COc1ccc(/C=C/C(=O)N2CC[NH+](Cc3ccsc3)CC2)cc1F. The molecule has 1 aliphatic heterocycles. The lowest BCUT2D eigenvalue weighted by atomic mass is 10.2. The molecule has 1 aromatic carbocycles. The van der Waals surface area contributed by atoms with E-state index in [0.29, 0.717) is 5.56 Å². The third kappa shape index (κ3) is 4.67. The number of carbonyl (C=O) groups excluding carboxylic acids is 1. The van der Waals surface area contributed by atoms with Crippen LogP contribution < -0.4 is 9.64 Å². The molecule has 1 N–H and O–H groups in total. The average Bonchev–Trinajstić information content (AvgIpc) is 3.13. The van der Waals surface area contributed by atoms with Crippen LogP contribution in [0.25, 0.3) is 6.08 Å². The largest absolute Gasteiger partial charge is 0.494 e. The maximum atomic E-state index is 13.7. The zero-order valence-electron chi connectivity index (χ0n) is 14.2. The molecule has 2 heterocycles. The standard InChI is InChI=1S/C19H21FN2O2S/c1-24-18-4-2-15(12-17(18)20)3-5-19(23)22-9-7-21(8-10-22)13-16-6-11-25-14-16/h2-6,11-12,14H,7-10,13H2,1H3/p+1/b5-3+. The molecular formula is C19H22FN2O2S+. The number of hydrogen-bond donors (Lipinski definition) is 1. The predicted molar refractivity (Wildman–Crippen MR) is 97.3 cm³/mol. The summed E-state index contributed by atoms with van der Waals surface area (Å²) in [5.74, 6) is -0.248. The number of hydrogen-bond acceptors (Lipinski definition) is 3. The molecular weight excluding hydrogens is 339 g/mol. The summed E-state index contributed by atoms with van der Waals surface area (Å²) >= 11 is 1.72. The van der Waals surface area contributed by atoms with Gasteiger partial charge in [-0.15, -0.1) is 0 Å². The molecule has 132 valence electrons. The van der Waals surface area contributed by atoms with Gasteiger partial charge < -0.3 is 14.5 Å². The summed E-state index contributed by atoms with van der Waals surface area (Å²) in [6.07, 6.45) is 3.17. The van der Waals surface area contributed by atoms with E-state index in [1.807, 2.05) is 4.90 Å². The normalized spacial score (nSPS) is 15.7. The van der Waals surface area contributed by atoms with Gasteiger partial charge in [0, 0.05) is 11.6 Å². The van der Waals surface area contributed by atoms with Crippen molar-refractivity contribution in [3.05, 3.63) is 58.0 Å². The summed E-state index contributed by atoms with van der Waals surface area (Å²) in [4.78, 5) is 15.7. The molecule has 4 nitrogen and oxygen atoms in total. The van der Waals surface area contributed by atoms with Gasteiger partial charge in [-0.2, -0.15) is 11.3 Å². The predicted octanol–water partition coefficient (Wildman–Crippen LogP) is 1.84. The van der Waals surface area contributed by atoms with Crippen LogP contribution in [0, 0.1) is 5.82 Å². The van der Waals surface area contributed by atoms with E-state index in [4.69, 9.17) is 4.74 Å². The molecule has 0 bridgehead atoms. The second-order valence-corrected chi connectivity index (χ2v) is 6.89. The van der Waals surface area contributed by atoms with Gasteiger partial charge in [-0.3, -0.25) is 4.79 Å². The van der Waals surface area contributed by atoms with Crippen molar-refractivity contribution >= 4 is 23.3 Å². The first-order valence-electron chi connectivity index (χ1n) is 8.31. The van der Waals surface area contributed by atoms with Crippen LogP contribution in [0.1, 0.15) is 11.1 Å². The van der Waals surface area contributed by atoms with Crippen LogP contribution in [0.5, 0.6) is 5.75 Å². The van der Waals surface area contributed by atoms with Crippen LogP contribution in [0.2, 0.25) is 0 Å². The molecule has 1 aromatic heterocycles. The van der Waals surface area contributed by atoms with E-state index in [-0.39, 0.29) is 11.7 Å². The lowest BCUT2D eigenvalue weighted by molar-refractivity contribution is -0.917. The van der Waals surface area contributed by atoms with E-state index >= 15 is 0 Å². The van der Waals surface area contributed by atoms with Gasteiger partial charge in [-0.25, -0.2) is 4.39 Å². The van der Waals surface area contributed by atoms with E-state index in [1.165, 1.54) is 29.7 Å². The zero-order valence-corrected chi connectivity index (χ0v) is 15.0. The molecule has 0 spiro atoms. The Balaban J connectivity index is 1.51. The van der Waals surface area contributed by atoms with Gasteiger partial charge >= 0.3 is 0 Å². The zero-order chi connectivity index (χ0) is 17.6. The fraction of sp³-hybridized carbons (Fsp3) is 0.316. The minimum Gasteiger partial charge on any atom is -0.494 e. The van der Waals surface area contributed by atoms with Crippen LogP contribution in [0.4, 0.5) is 4.39 Å². The molecule has 1 amide bonds. The Hall–Kier alpha value is -2.18. The minimum absolute atomic E-state index is 0.0224. The fourth-order valence-electron chi connectivity index (χ4n) is 2.96. The quantitative estimate of drug-likeness (QED) is 0.825. The van der Waals surface area contributed by atoms with Crippen LogP contribution in [-0.4, -0.2) is 44.1 Å². The Morgan fingerprint density at radius 1 is 1.36 bits per heavy atom. The number of ether oxygens (including phenoxy) is 1. The molecule has 2 aromatic rings. The van der Waals surface area contributed by atoms with Crippen LogP contribution in [0.3, 0.4) is 0 Å². The summed E-state index contributed by atoms with van der Waals surface area (Å²) in [7, 11) is 1.43. The Morgan fingerprint density at radius 2 is 2.16 bits per heavy atom.